The number of benzene rings is 1. The number of nitrogens with two attached hydrogens (primary N) is 1. The van der Waals surface area contributed by atoms with Gasteiger partial charge in [0.25, 0.3) is 0 Å². The van der Waals surface area contributed by atoms with Gasteiger partial charge in [0, 0.05) is 10.9 Å². The molecular formula is C15H16N6OS2. The number of nitrogens with zero attached hydrogens (tertiary/aromatic N) is 4. The maximum absolute atomic E-state index is 12.0. The van der Waals surface area contributed by atoms with E-state index < -0.39 is 0 Å². The van der Waals surface area contributed by atoms with Crippen molar-refractivity contribution in [1.29, 1.82) is 0 Å². The van der Waals surface area contributed by atoms with Gasteiger partial charge in [-0.3, -0.25) is 4.79 Å². The maximum atomic E-state index is 12.0. The van der Waals surface area contributed by atoms with E-state index in [4.69, 9.17) is 5.84 Å². The fourth-order valence-electron chi connectivity index (χ4n) is 1.97. The predicted molar refractivity (Wildman–Crippen MR) is 96.6 cm³/mol. The molecule has 0 spiro atoms. The summed E-state index contributed by atoms with van der Waals surface area (Å²) in [7, 11) is 0. The number of hydrogen-bond acceptors (Lipinski definition) is 7. The molecular weight excluding hydrogens is 344 g/mol. The number of carbonyl (C=O) groups is 1. The topological polar surface area (TPSA) is 98.7 Å². The van der Waals surface area contributed by atoms with Crippen LogP contribution in [-0.4, -0.2) is 31.5 Å². The second-order valence-corrected chi connectivity index (χ2v) is 6.97. The lowest BCUT2D eigenvalue weighted by Gasteiger charge is -2.04. The zero-order valence-electron chi connectivity index (χ0n) is 13.2. The minimum absolute atomic E-state index is 0.158. The summed E-state index contributed by atoms with van der Waals surface area (Å²) in [6, 6.07) is 7.85. The van der Waals surface area contributed by atoms with Crippen molar-refractivity contribution in [3.8, 4) is 11.4 Å². The van der Waals surface area contributed by atoms with Crippen LogP contribution in [0.2, 0.25) is 0 Å². The van der Waals surface area contributed by atoms with Gasteiger partial charge in [0.05, 0.1) is 11.4 Å². The molecule has 0 unspecified atom stereocenters. The van der Waals surface area contributed by atoms with Crippen molar-refractivity contribution in [3.63, 3.8) is 0 Å². The van der Waals surface area contributed by atoms with Crippen LogP contribution in [0.15, 0.2) is 34.8 Å². The Labute approximate surface area is 147 Å². The molecule has 0 bridgehead atoms. The summed E-state index contributed by atoms with van der Waals surface area (Å²) in [4.78, 5) is 16.2. The van der Waals surface area contributed by atoms with E-state index in [0.717, 1.165) is 16.8 Å². The van der Waals surface area contributed by atoms with E-state index in [1.165, 1.54) is 27.8 Å². The molecule has 0 saturated carbocycles. The Kier molecular flexibility index (Phi) is 4.81. The van der Waals surface area contributed by atoms with Gasteiger partial charge < -0.3 is 11.2 Å². The highest BCUT2D eigenvalue weighted by Crippen LogP contribution is 2.22. The van der Waals surface area contributed by atoms with Gasteiger partial charge in [0.2, 0.25) is 11.1 Å². The van der Waals surface area contributed by atoms with Crippen LogP contribution in [0.4, 0.5) is 5.13 Å². The Balaban J connectivity index is 1.63. The third-order valence-electron chi connectivity index (χ3n) is 3.17. The Morgan fingerprint density at radius 3 is 2.71 bits per heavy atom. The van der Waals surface area contributed by atoms with E-state index in [9.17, 15) is 4.79 Å². The summed E-state index contributed by atoms with van der Waals surface area (Å²) in [6.07, 6.45) is 0. The minimum atomic E-state index is -0.158. The van der Waals surface area contributed by atoms with E-state index in [0.29, 0.717) is 16.1 Å². The van der Waals surface area contributed by atoms with Gasteiger partial charge in [-0.05, 0) is 13.8 Å². The van der Waals surface area contributed by atoms with Gasteiger partial charge in [0.15, 0.2) is 11.0 Å². The minimum Gasteiger partial charge on any atom is -0.335 e. The first-order valence-corrected chi connectivity index (χ1v) is 9.02. The highest BCUT2D eigenvalue weighted by atomic mass is 32.2. The first-order chi connectivity index (χ1) is 11.5. The van der Waals surface area contributed by atoms with Crippen LogP contribution >= 0.6 is 23.1 Å². The molecule has 1 aromatic carbocycles. The average Bonchev–Trinajstić information content (AvgIpc) is 3.12. The van der Waals surface area contributed by atoms with E-state index in [1.54, 1.807) is 0 Å². The van der Waals surface area contributed by atoms with E-state index in [1.807, 2.05) is 43.5 Å². The van der Waals surface area contributed by atoms with Crippen molar-refractivity contribution in [1.82, 2.24) is 19.9 Å². The molecule has 0 fully saturated rings. The lowest BCUT2D eigenvalue weighted by Crippen LogP contribution is -2.16. The molecule has 9 heteroatoms. The molecule has 0 aliphatic carbocycles. The quantitative estimate of drug-likeness (QED) is 0.536. The number of amides is 1. The Morgan fingerprint density at radius 1 is 1.29 bits per heavy atom. The van der Waals surface area contributed by atoms with Gasteiger partial charge >= 0.3 is 0 Å². The normalized spacial score (nSPS) is 10.8. The van der Waals surface area contributed by atoms with Crippen LogP contribution in [0.1, 0.15) is 11.3 Å². The summed E-state index contributed by atoms with van der Waals surface area (Å²) in [5, 5.41) is 13.9. The Bertz CT molecular complexity index is 855. The number of rotatable bonds is 5. The summed E-state index contributed by atoms with van der Waals surface area (Å²) in [6.45, 7) is 3.89. The van der Waals surface area contributed by atoms with Crippen LogP contribution in [0.3, 0.4) is 0 Å². The molecule has 3 rings (SSSR count). The summed E-state index contributed by atoms with van der Waals surface area (Å²) >= 11 is 2.62. The van der Waals surface area contributed by atoms with Crippen molar-refractivity contribution in [2.45, 2.75) is 19.0 Å². The molecule has 0 aliphatic heterocycles. The summed E-state index contributed by atoms with van der Waals surface area (Å²) in [5.41, 5.74) is 2.92. The van der Waals surface area contributed by atoms with Crippen LogP contribution < -0.4 is 11.2 Å². The zero-order valence-corrected chi connectivity index (χ0v) is 14.8. The zero-order chi connectivity index (χ0) is 17.1. The van der Waals surface area contributed by atoms with Crippen LogP contribution in [-0.2, 0) is 4.79 Å². The molecule has 0 aliphatic rings. The molecule has 0 saturated heterocycles. The molecule has 24 heavy (non-hydrogen) atoms. The first-order valence-electron chi connectivity index (χ1n) is 7.15. The van der Waals surface area contributed by atoms with Gasteiger partial charge in [-0.25, -0.2) is 9.66 Å². The monoisotopic (exact) mass is 360 g/mol. The van der Waals surface area contributed by atoms with E-state index in [2.05, 4.69) is 20.5 Å². The Morgan fingerprint density at radius 2 is 2.04 bits per heavy atom. The third-order valence-corrected chi connectivity index (χ3v) is 4.99. The van der Waals surface area contributed by atoms with Gasteiger partial charge in [-0.15, -0.1) is 21.5 Å². The van der Waals surface area contributed by atoms with Crippen molar-refractivity contribution in [2.75, 3.05) is 16.9 Å². The van der Waals surface area contributed by atoms with Gasteiger partial charge in [0.1, 0.15) is 0 Å². The SMILES string of the molecule is Cc1ccc(-c2nnc(SCC(=O)Nc3nc(C)cs3)n2N)cc1. The molecule has 0 atom stereocenters. The summed E-state index contributed by atoms with van der Waals surface area (Å²) < 4.78 is 1.40. The van der Waals surface area contributed by atoms with Crippen molar-refractivity contribution in [2.24, 2.45) is 0 Å². The van der Waals surface area contributed by atoms with Crippen LogP contribution in [0, 0.1) is 13.8 Å². The second-order valence-electron chi connectivity index (χ2n) is 5.17. The number of carbonyl (C=O) groups excluding carboxylic acids is 1. The van der Waals surface area contributed by atoms with Crippen molar-refractivity contribution >= 4 is 34.1 Å². The van der Waals surface area contributed by atoms with Crippen molar-refractivity contribution < 1.29 is 4.79 Å². The van der Waals surface area contributed by atoms with Gasteiger partial charge in [-0.1, -0.05) is 41.6 Å². The summed E-state index contributed by atoms with van der Waals surface area (Å²) in [5.74, 6) is 6.63. The predicted octanol–water partition coefficient (Wildman–Crippen LogP) is 2.46. The number of thioether (sulfide) groups is 1. The van der Waals surface area contributed by atoms with E-state index >= 15 is 0 Å². The molecule has 0 radical (unpaired) electrons. The highest BCUT2D eigenvalue weighted by molar-refractivity contribution is 7.99. The number of aryl methyl sites for hydroxylation is 2. The van der Waals surface area contributed by atoms with Crippen molar-refractivity contribution in [3.05, 3.63) is 40.9 Å². The lowest BCUT2D eigenvalue weighted by atomic mass is 10.1. The second kappa shape index (κ2) is 7.02. The molecule has 7 nitrogen and oxygen atoms in total. The number of anilines is 1. The number of nitrogen functional groups attached to an aromatic ring is 1. The van der Waals surface area contributed by atoms with E-state index in [-0.39, 0.29) is 11.7 Å². The third kappa shape index (κ3) is 3.74. The van der Waals surface area contributed by atoms with Crippen LogP contribution in [0.5, 0.6) is 0 Å². The number of thiazole rings is 1. The van der Waals surface area contributed by atoms with Crippen LogP contribution in [0.25, 0.3) is 11.4 Å². The Hall–Kier alpha value is -2.39. The van der Waals surface area contributed by atoms with Gasteiger partial charge in [-0.2, -0.15) is 0 Å². The fraction of sp³-hybridized carbons (Fsp3) is 0.200. The maximum Gasteiger partial charge on any atom is 0.236 e. The molecule has 124 valence electrons. The first kappa shape index (κ1) is 16.5. The molecule has 2 aromatic heterocycles. The lowest BCUT2D eigenvalue weighted by molar-refractivity contribution is -0.113. The standard InChI is InChI=1S/C15H16N6OS2/c1-9-3-5-11(6-4-9)13-19-20-15(21(13)16)24-8-12(22)18-14-17-10(2)7-23-14/h3-7H,8,16H2,1-2H3,(H,17,18,22). The highest BCUT2D eigenvalue weighted by Gasteiger charge is 2.14. The number of hydrogen-bond donors (Lipinski definition) is 2. The number of nitrogens with one attached hydrogen (secondary N) is 1. The number of aromatic nitrogens is 4. The largest absolute Gasteiger partial charge is 0.335 e. The molecule has 3 N–H and O–H groups in total. The average molecular weight is 360 g/mol. The molecule has 1 amide bonds. The molecule has 2 heterocycles. The smallest absolute Gasteiger partial charge is 0.236 e. The fourth-order valence-corrected chi connectivity index (χ4v) is 3.33. The molecule has 3 aromatic rings.